The minimum Gasteiger partial charge on any atom is -0.373 e. The first-order valence-corrected chi connectivity index (χ1v) is 6.20. The lowest BCUT2D eigenvalue weighted by molar-refractivity contribution is -0.144. The minimum atomic E-state index is -0.294. The van der Waals surface area contributed by atoms with E-state index >= 15 is 0 Å². The minimum absolute atomic E-state index is 0. The van der Waals surface area contributed by atoms with Gasteiger partial charge in [-0.25, -0.2) is 0 Å². The van der Waals surface area contributed by atoms with Crippen molar-refractivity contribution >= 4 is 5.97 Å². The van der Waals surface area contributed by atoms with Gasteiger partial charge in [0.25, 0.3) is 0 Å². The number of carbonyl (C=O) groups excluding carboxylic acids is 1. The molecule has 0 aliphatic heterocycles. The Balaban J connectivity index is 0. The summed E-state index contributed by atoms with van der Waals surface area (Å²) in [7, 11) is 0. The number of rotatable bonds is 10. The van der Waals surface area contributed by atoms with Crippen molar-refractivity contribution in [1.82, 2.24) is 6.15 Å². The van der Waals surface area contributed by atoms with E-state index in [2.05, 4.69) is 11.8 Å². The third-order valence-corrected chi connectivity index (χ3v) is 2.62. The molecule has 0 bridgehead atoms. The molecule has 0 amide bonds. The lowest BCUT2D eigenvalue weighted by Crippen LogP contribution is -2.08. The van der Waals surface area contributed by atoms with E-state index in [1.807, 2.05) is 0 Å². The van der Waals surface area contributed by atoms with Crippen molar-refractivity contribution in [3.63, 3.8) is 0 Å². The summed E-state index contributed by atoms with van der Waals surface area (Å²) in [5, 5.41) is 0. The molecule has 4 heteroatoms. The molecule has 0 heterocycles. The SMILES string of the molecule is CCCCCCCCCCCC(=O)ON.N. The fraction of sp³-hybridized carbons (Fsp3) is 0.917. The van der Waals surface area contributed by atoms with E-state index < -0.39 is 0 Å². The molecule has 0 aromatic heterocycles. The van der Waals surface area contributed by atoms with Crippen molar-refractivity contribution in [2.45, 2.75) is 71.1 Å². The molecule has 0 saturated heterocycles. The van der Waals surface area contributed by atoms with Gasteiger partial charge in [-0.2, -0.15) is 5.90 Å². The zero-order chi connectivity index (χ0) is 11.4. The number of unbranched alkanes of at least 4 members (excludes halogenated alkanes) is 8. The summed E-state index contributed by atoms with van der Waals surface area (Å²) >= 11 is 0. The van der Waals surface area contributed by atoms with Crippen LogP contribution in [0.15, 0.2) is 0 Å². The second kappa shape index (κ2) is 14.4. The number of nitrogens with two attached hydrogens (primary N) is 1. The molecule has 4 nitrogen and oxygen atoms in total. The van der Waals surface area contributed by atoms with Crippen LogP contribution < -0.4 is 12.0 Å². The van der Waals surface area contributed by atoms with Crippen LogP contribution in [0, 0.1) is 0 Å². The van der Waals surface area contributed by atoms with E-state index in [1.165, 1.54) is 44.9 Å². The highest BCUT2D eigenvalue weighted by atomic mass is 16.7. The molecule has 0 atom stereocenters. The van der Waals surface area contributed by atoms with Gasteiger partial charge in [-0.3, -0.25) is 4.79 Å². The number of hydrogen-bond donors (Lipinski definition) is 2. The zero-order valence-electron chi connectivity index (χ0n) is 10.7. The van der Waals surface area contributed by atoms with Crippen LogP contribution in [0.3, 0.4) is 0 Å². The first-order chi connectivity index (χ1) is 7.31. The van der Waals surface area contributed by atoms with Crippen molar-refractivity contribution in [3.8, 4) is 0 Å². The first-order valence-electron chi connectivity index (χ1n) is 6.20. The van der Waals surface area contributed by atoms with Gasteiger partial charge in [0.15, 0.2) is 0 Å². The third-order valence-electron chi connectivity index (χ3n) is 2.62. The van der Waals surface area contributed by atoms with Gasteiger partial charge in [-0.05, 0) is 6.42 Å². The van der Waals surface area contributed by atoms with Crippen LogP contribution >= 0.6 is 0 Å². The molecule has 0 saturated carbocycles. The summed E-state index contributed by atoms with van der Waals surface area (Å²) < 4.78 is 0. The van der Waals surface area contributed by atoms with E-state index in [0.29, 0.717) is 6.42 Å². The Morgan fingerprint density at radius 1 is 0.938 bits per heavy atom. The molecular formula is C12H28N2O2. The maximum atomic E-state index is 10.7. The molecule has 0 aliphatic rings. The van der Waals surface area contributed by atoms with Crippen LogP contribution in [-0.2, 0) is 9.63 Å². The maximum absolute atomic E-state index is 10.7. The molecule has 98 valence electrons. The Labute approximate surface area is 99.5 Å². The van der Waals surface area contributed by atoms with E-state index in [4.69, 9.17) is 5.90 Å². The van der Waals surface area contributed by atoms with Crippen LogP contribution in [0.2, 0.25) is 0 Å². The zero-order valence-corrected chi connectivity index (χ0v) is 10.7. The Hall–Kier alpha value is -0.610. The lowest BCUT2D eigenvalue weighted by atomic mass is 10.1. The van der Waals surface area contributed by atoms with E-state index in [-0.39, 0.29) is 12.1 Å². The second-order valence-electron chi connectivity index (χ2n) is 4.07. The maximum Gasteiger partial charge on any atom is 0.324 e. The lowest BCUT2D eigenvalue weighted by Gasteiger charge is -2.01. The molecule has 5 N–H and O–H groups in total. The highest BCUT2D eigenvalue weighted by molar-refractivity contribution is 5.68. The smallest absolute Gasteiger partial charge is 0.324 e. The van der Waals surface area contributed by atoms with Crippen LogP contribution in [0.4, 0.5) is 0 Å². The van der Waals surface area contributed by atoms with Crippen molar-refractivity contribution in [1.29, 1.82) is 0 Å². The van der Waals surface area contributed by atoms with Crippen LogP contribution in [0.1, 0.15) is 71.1 Å². The predicted octanol–water partition coefficient (Wildman–Crippen LogP) is 3.49. The van der Waals surface area contributed by atoms with Crippen molar-refractivity contribution in [2.24, 2.45) is 5.90 Å². The Kier molecular flexibility index (Phi) is 16.0. The van der Waals surface area contributed by atoms with Gasteiger partial charge in [-0.15, -0.1) is 0 Å². The quantitative estimate of drug-likeness (QED) is 0.446. The largest absolute Gasteiger partial charge is 0.373 e. The summed E-state index contributed by atoms with van der Waals surface area (Å²) in [5.74, 6) is 4.44. The summed E-state index contributed by atoms with van der Waals surface area (Å²) in [6.07, 6.45) is 11.7. The summed E-state index contributed by atoms with van der Waals surface area (Å²) in [6.45, 7) is 2.23. The highest BCUT2D eigenvalue weighted by Crippen LogP contribution is 2.10. The topological polar surface area (TPSA) is 87.3 Å². The fourth-order valence-corrected chi connectivity index (χ4v) is 1.64. The van der Waals surface area contributed by atoms with Gasteiger partial charge in [0.1, 0.15) is 0 Å². The van der Waals surface area contributed by atoms with E-state index in [9.17, 15) is 4.79 Å². The molecule has 16 heavy (non-hydrogen) atoms. The molecular weight excluding hydrogens is 204 g/mol. The van der Waals surface area contributed by atoms with Gasteiger partial charge in [0.05, 0.1) is 0 Å². The highest BCUT2D eigenvalue weighted by Gasteiger charge is 1.99. The molecule has 0 aliphatic carbocycles. The molecule has 0 spiro atoms. The van der Waals surface area contributed by atoms with Crippen molar-refractivity contribution < 1.29 is 9.63 Å². The average Bonchev–Trinajstić information content (AvgIpc) is 2.26. The monoisotopic (exact) mass is 232 g/mol. The van der Waals surface area contributed by atoms with Crippen LogP contribution in [-0.4, -0.2) is 5.97 Å². The van der Waals surface area contributed by atoms with E-state index in [1.54, 1.807) is 0 Å². The van der Waals surface area contributed by atoms with Crippen LogP contribution in [0.5, 0.6) is 0 Å². The van der Waals surface area contributed by atoms with Crippen molar-refractivity contribution in [3.05, 3.63) is 0 Å². The predicted molar refractivity (Wildman–Crippen MR) is 67.1 cm³/mol. The number of hydrogen-bond acceptors (Lipinski definition) is 4. The van der Waals surface area contributed by atoms with E-state index in [0.717, 1.165) is 12.8 Å². The molecule has 0 aromatic carbocycles. The number of carbonyl (C=O) groups is 1. The van der Waals surface area contributed by atoms with Crippen LogP contribution in [0.25, 0.3) is 0 Å². The second-order valence-corrected chi connectivity index (χ2v) is 4.07. The van der Waals surface area contributed by atoms with Gasteiger partial charge >= 0.3 is 5.97 Å². The van der Waals surface area contributed by atoms with Gasteiger partial charge < -0.3 is 11.0 Å². The van der Waals surface area contributed by atoms with Crippen molar-refractivity contribution in [2.75, 3.05) is 0 Å². The normalized spacial score (nSPS) is 9.62. The van der Waals surface area contributed by atoms with Gasteiger partial charge in [0.2, 0.25) is 0 Å². The Morgan fingerprint density at radius 3 is 1.81 bits per heavy atom. The molecule has 0 rings (SSSR count). The van der Waals surface area contributed by atoms with Gasteiger partial charge in [0, 0.05) is 6.42 Å². The fourth-order valence-electron chi connectivity index (χ4n) is 1.64. The molecule has 0 aromatic rings. The molecule has 0 fully saturated rings. The summed E-state index contributed by atoms with van der Waals surface area (Å²) in [4.78, 5) is 14.8. The standard InChI is InChI=1S/C12H25NO2.H3N/c1-2-3-4-5-6-7-8-9-10-11-12(14)15-13;/h2-11,13H2,1H3;1H3. The Morgan fingerprint density at radius 2 is 1.38 bits per heavy atom. The average molecular weight is 232 g/mol. The first kappa shape index (κ1) is 17.8. The summed E-state index contributed by atoms with van der Waals surface area (Å²) in [5.41, 5.74) is 0. The summed E-state index contributed by atoms with van der Waals surface area (Å²) in [6, 6.07) is 0. The molecule has 0 unspecified atom stereocenters. The third kappa shape index (κ3) is 13.4. The molecule has 0 radical (unpaired) electrons. The Bertz CT molecular complexity index is 152. The van der Waals surface area contributed by atoms with Gasteiger partial charge in [-0.1, -0.05) is 58.3 Å².